The van der Waals surface area contributed by atoms with Crippen LogP contribution in [0.25, 0.3) is 0 Å². The van der Waals surface area contributed by atoms with Crippen molar-refractivity contribution in [3.63, 3.8) is 0 Å². The molecule has 5 nitrogen and oxygen atoms in total. The van der Waals surface area contributed by atoms with E-state index >= 15 is 0 Å². The Morgan fingerprint density at radius 3 is 2.55 bits per heavy atom. The second kappa shape index (κ2) is 11.5. The van der Waals surface area contributed by atoms with E-state index in [-0.39, 0.29) is 24.0 Å². The highest BCUT2D eigenvalue weighted by molar-refractivity contribution is 14.0. The first-order valence-corrected chi connectivity index (χ1v) is 7.61. The quantitative estimate of drug-likeness (QED) is 0.404. The molecular formula is C16H29IN4O. The van der Waals surface area contributed by atoms with Gasteiger partial charge in [-0.1, -0.05) is 26.8 Å². The Kier molecular flexibility index (Phi) is 11.0. The van der Waals surface area contributed by atoms with E-state index in [9.17, 15) is 0 Å². The molecule has 22 heavy (non-hydrogen) atoms. The third-order valence-corrected chi connectivity index (χ3v) is 3.30. The molecule has 0 aliphatic heterocycles. The van der Waals surface area contributed by atoms with Crippen LogP contribution >= 0.6 is 24.0 Å². The lowest BCUT2D eigenvalue weighted by Gasteiger charge is -2.20. The van der Waals surface area contributed by atoms with E-state index in [4.69, 9.17) is 4.74 Å². The van der Waals surface area contributed by atoms with Gasteiger partial charge in [-0.3, -0.25) is 4.99 Å². The zero-order chi connectivity index (χ0) is 15.7. The van der Waals surface area contributed by atoms with Crippen molar-refractivity contribution in [1.82, 2.24) is 15.6 Å². The van der Waals surface area contributed by atoms with Crippen molar-refractivity contribution in [3.8, 4) is 5.88 Å². The third kappa shape index (κ3) is 7.82. The summed E-state index contributed by atoms with van der Waals surface area (Å²) in [7, 11) is 1.78. The molecule has 0 fully saturated rings. The van der Waals surface area contributed by atoms with Gasteiger partial charge < -0.3 is 15.4 Å². The average molecular weight is 420 g/mol. The molecule has 0 saturated carbocycles. The van der Waals surface area contributed by atoms with Crippen LogP contribution in [-0.4, -0.2) is 30.6 Å². The highest BCUT2D eigenvalue weighted by atomic mass is 127. The Balaban J connectivity index is 0.00000441. The van der Waals surface area contributed by atoms with Crippen LogP contribution in [0.3, 0.4) is 0 Å². The number of halogens is 1. The minimum Gasteiger partial charge on any atom is -0.478 e. The predicted octanol–water partition coefficient (Wildman–Crippen LogP) is 3.20. The molecule has 0 saturated heterocycles. The summed E-state index contributed by atoms with van der Waals surface area (Å²) >= 11 is 0. The van der Waals surface area contributed by atoms with E-state index in [0.29, 0.717) is 31.0 Å². The lowest BCUT2D eigenvalue weighted by Crippen LogP contribution is -2.43. The Hall–Kier alpha value is -1.05. The molecule has 1 atom stereocenters. The number of hydrogen-bond acceptors (Lipinski definition) is 3. The SMILES string of the molecule is CCCOc1ccc(CNC(=NC)NC(C)C(C)C)cn1.I. The third-order valence-electron chi connectivity index (χ3n) is 3.30. The molecule has 1 unspecified atom stereocenters. The van der Waals surface area contributed by atoms with Crippen molar-refractivity contribution in [3.05, 3.63) is 23.9 Å². The Morgan fingerprint density at radius 1 is 1.32 bits per heavy atom. The fourth-order valence-electron chi connectivity index (χ4n) is 1.57. The molecule has 2 N–H and O–H groups in total. The fourth-order valence-corrected chi connectivity index (χ4v) is 1.57. The highest BCUT2D eigenvalue weighted by Gasteiger charge is 2.08. The largest absolute Gasteiger partial charge is 0.478 e. The molecule has 0 bridgehead atoms. The topological polar surface area (TPSA) is 58.5 Å². The van der Waals surface area contributed by atoms with Gasteiger partial charge in [0.2, 0.25) is 5.88 Å². The van der Waals surface area contributed by atoms with E-state index in [2.05, 4.69) is 48.3 Å². The van der Waals surface area contributed by atoms with Gasteiger partial charge in [-0.15, -0.1) is 24.0 Å². The van der Waals surface area contributed by atoms with E-state index < -0.39 is 0 Å². The van der Waals surface area contributed by atoms with E-state index in [1.165, 1.54) is 0 Å². The number of guanidine groups is 1. The zero-order valence-electron chi connectivity index (χ0n) is 14.2. The van der Waals surface area contributed by atoms with E-state index in [1.807, 2.05) is 18.3 Å². The van der Waals surface area contributed by atoms with Gasteiger partial charge in [0.15, 0.2) is 5.96 Å². The molecule has 0 radical (unpaired) electrons. The lowest BCUT2D eigenvalue weighted by molar-refractivity contribution is 0.305. The molecule has 1 aromatic heterocycles. The molecule has 0 aliphatic carbocycles. The standard InChI is InChI=1S/C16H28N4O.HI/c1-6-9-21-15-8-7-14(10-18-15)11-19-16(17-5)20-13(4)12(2)3;/h7-8,10,12-13H,6,9,11H2,1-5H3,(H2,17,19,20);1H. The first-order valence-electron chi connectivity index (χ1n) is 7.61. The van der Waals surface area contributed by atoms with Crippen molar-refractivity contribution in [2.75, 3.05) is 13.7 Å². The number of ether oxygens (including phenoxy) is 1. The second-order valence-electron chi connectivity index (χ2n) is 5.46. The maximum atomic E-state index is 5.47. The fraction of sp³-hybridized carbons (Fsp3) is 0.625. The number of aromatic nitrogens is 1. The van der Waals surface area contributed by atoms with E-state index in [0.717, 1.165) is 17.9 Å². The molecule has 1 heterocycles. The summed E-state index contributed by atoms with van der Waals surface area (Å²) in [6.45, 7) is 9.99. The molecule has 0 amide bonds. The van der Waals surface area contributed by atoms with Gasteiger partial charge in [-0.05, 0) is 24.8 Å². The van der Waals surface area contributed by atoms with Crippen LogP contribution in [0.15, 0.2) is 23.3 Å². The molecule has 0 spiro atoms. The first-order chi connectivity index (χ1) is 10.1. The summed E-state index contributed by atoms with van der Waals surface area (Å²) in [5.74, 6) is 2.04. The number of hydrogen-bond donors (Lipinski definition) is 2. The maximum Gasteiger partial charge on any atom is 0.213 e. The van der Waals surface area contributed by atoms with Crippen LogP contribution in [0.5, 0.6) is 5.88 Å². The van der Waals surface area contributed by atoms with Crippen molar-refractivity contribution in [1.29, 1.82) is 0 Å². The molecule has 126 valence electrons. The Bertz CT molecular complexity index is 434. The molecular weight excluding hydrogens is 391 g/mol. The summed E-state index contributed by atoms with van der Waals surface area (Å²) < 4.78 is 5.47. The average Bonchev–Trinajstić information content (AvgIpc) is 2.50. The summed E-state index contributed by atoms with van der Waals surface area (Å²) in [6.07, 6.45) is 2.82. The van der Waals surface area contributed by atoms with Crippen molar-refractivity contribution in [2.45, 2.75) is 46.7 Å². The van der Waals surface area contributed by atoms with Gasteiger partial charge in [-0.2, -0.15) is 0 Å². The van der Waals surface area contributed by atoms with Crippen molar-refractivity contribution in [2.24, 2.45) is 10.9 Å². The van der Waals surface area contributed by atoms with Gasteiger partial charge in [0, 0.05) is 31.9 Å². The van der Waals surface area contributed by atoms with Crippen LogP contribution in [-0.2, 0) is 6.54 Å². The summed E-state index contributed by atoms with van der Waals surface area (Å²) in [5.41, 5.74) is 1.10. The molecule has 6 heteroatoms. The van der Waals surface area contributed by atoms with Gasteiger partial charge in [0.05, 0.1) is 6.61 Å². The minimum atomic E-state index is 0. The van der Waals surface area contributed by atoms with Crippen LogP contribution in [0, 0.1) is 5.92 Å². The normalized spacial score (nSPS) is 12.5. The number of pyridine rings is 1. The summed E-state index contributed by atoms with van der Waals surface area (Å²) in [4.78, 5) is 8.52. The summed E-state index contributed by atoms with van der Waals surface area (Å²) in [6, 6.07) is 4.29. The van der Waals surface area contributed by atoms with Crippen LogP contribution in [0.4, 0.5) is 0 Å². The number of nitrogens with one attached hydrogen (secondary N) is 2. The van der Waals surface area contributed by atoms with Crippen LogP contribution in [0.2, 0.25) is 0 Å². The van der Waals surface area contributed by atoms with E-state index in [1.54, 1.807) is 7.05 Å². The van der Waals surface area contributed by atoms with Crippen molar-refractivity contribution >= 4 is 29.9 Å². The predicted molar refractivity (Wildman–Crippen MR) is 103 cm³/mol. The minimum absolute atomic E-state index is 0. The zero-order valence-corrected chi connectivity index (χ0v) is 16.5. The van der Waals surface area contributed by atoms with Crippen LogP contribution in [0.1, 0.15) is 39.7 Å². The maximum absolute atomic E-state index is 5.47. The van der Waals surface area contributed by atoms with Crippen molar-refractivity contribution < 1.29 is 4.74 Å². The number of aliphatic imine (C=N–C) groups is 1. The van der Waals surface area contributed by atoms with Crippen LogP contribution < -0.4 is 15.4 Å². The first kappa shape index (κ1) is 20.9. The second-order valence-corrected chi connectivity index (χ2v) is 5.46. The Morgan fingerprint density at radius 2 is 2.05 bits per heavy atom. The molecule has 0 aromatic carbocycles. The molecule has 1 rings (SSSR count). The lowest BCUT2D eigenvalue weighted by atomic mass is 10.1. The molecule has 0 aliphatic rings. The smallest absolute Gasteiger partial charge is 0.213 e. The monoisotopic (exact) mass is 420 g/mol. The number of nitrogens with zero attached hydrogens (tertiary/aromatic N) is 2. The molecule has 1 aromatic rings. The van der Waals surface area contributed by atoms with Gasteiger partial charge in [-0.25, -0.2) is 4.98 Å². The highest BCUT2D eigenvalue weighted by Crippen LogP contribution is 2.07. The Labute approximate surface area is 151 Å². The van der Waals surface area contributed by atoms with Gasteiger partial charge in [0.1, 0.15) is 0 Å². The van der Waals surface area contributed by atoms with Gasteiger partial charge >= 0.3 is 0 Å². The summed E-state index contributed by atoms with van der Waals surface area (Å²) in [5, 5.41) is 6.66. The van der Waals surface area contributed by atoms with Gasteiger partial charge in [0.25, 0.3) is 0 Å². The number of rotatable bonds is 7.